The molecule has 1 unspecified atom stereocenters. The van der Waals surface area contributed by atoms with Crippen molar-refractivity contribution in [1.29, 1.82) is 0 Å². The van der Waals surface area contributed by atoms with Crippen LogP contribution in [0, 0.1) is 12.3 Å². The Kier molecular flexibility index (Phi) is 3.66. The summed E-state index contributed by atoms with van der Waals surface area (Å²) in [5.74, 6) is -0.699. The second kappa shape index (κ2) is 4.92. The molecule has 0 bridgehead atoms. The lowest BCUT2D eigenvalue weighted by atomic mass is 9.82. The van der Waals surface area contributed by atoms with Crippen LogP contribution in [0.2, 0.25) is 0 Å². The Labute approximate surface area is 116 Å². The maximum absolute atomic E-state index is 11.4. The molecule has 0 amide bonds. The minimum Gasteiger partial charge on any atom is -0.481 e. The summed E-state index contributed by atoms with van der Waals surface area (Å²) in [6, 6.07) is 6.20. The molecule has 1 fully saturated rings. The first kappa shape index (κ1) is 13.4. The summed E-state index contributed by atoms with van der Waals surface area (Å²) in [5, 5.41) is 9.34. The second-order valence-electron chi connectivity index (χ2n) is 5.35. The van der Waals surface area contributed by atoms with Gasteiger partial charge in [-0.3, -0.25) is 4.79 Å². The summed E-state index contributed by atoms with van der Waals surface area (Å²) in [4.78, 5) is 13.5. The van der Waals surface area contributed by atoms with Crippen molar-refractivity contribution >= 4 is 27.6 Å². The van der Waals surface area contributed by atoms with E-state index in [-0.39, 0.29) is 0 Å². The number of aryl methyl sites for hydroxylation is 1. The first-order valence-corrected chi connectivity index (χ1v) is 6.96. The highest BCUT2D eigenvalue weighted by Gasteiger charge is 2.38. The van der Waals surface area contributed by atoms with Gasteiger partial charge in [-0.15, -0.1) is 0 Å². The molecule has 1 aromatic rings. The van der Waals surface area contributed by atoms with Crippen LogP contribution in [0.15, 0.2) is 22.7 Å². The third-order valence-corrected chi connectivity index (χ3v) is 4.29. The standard InChI is InChI=1S/C14H18BrNO2/c1-10-4-5-12(11(15)8-10)16-7-3-6-14(2,9-16)13(17)18/h4-5,8H,3,6-7,9H2,1-2H3,(H,17,18). The molecule has 1 saturated heterocycles. The van der Waals surface area contributed by atoms with Gasteiger partial charge in [0.25, 0.3) is 0 Å². The van der Waals surface area contributed by atoms with Gasteiger partial charge in [-0.1, -0.05) is 6.07 Å². The fourth-order valence-electron chi connectivity index (χ4n) is 2.49. The molecule has 0 radical (unpaired) electrons. The van der Waals surface area contributed by atoms with Crippen LogP contribution in [0.25, 0.3) is 0 Å². The molecule has 2 rings (SSSR count). The van der Waals surface area contributed by atoms with Crippen LogP contribution in [0.3, 0.4) is 0 Å². The summed E-state index contributed by atoms with van der Waals surface area (Å²) in [6.07, 6.45) is 1.67. The van der Waals surface area contributed by atoms with Crippen molar-refractivity contribution in [3.05, 3.63) is 28.2 Å². The van der Waals surface area contributed by atoms with Gasteiger partial charge in [-0.2, -0.15) is 0 Å². The molecule has 3 nitrogen and oxygen atoms in total. The number of carbonyl (C=O) groups is 1. The monoisotopic (exact) mass is 311 g/mol. The topological polar surface area (TPSA) is 40.5 Å². The average molecular weight is 312 g/mol. The predicted molar refractivity (Wildman–Crippen MR) is 76.1 cm³/mol. The van der Waals surface area contributed by atoms with E-state index in [1.807, 2.05) is 13.8 Å². The van der Waals surface area contributed by atoms with Crippen molar-refractivity contribution in [1.82, 2.24) is 0 Å². The van der Waals surface area contributed by atoms with Crippen molar-refractivity contribution in [2.75, 3.05) is 18.0 Å². The minimum atomic E-state index is -0.699. The van der Waals surface area contributed by atoms with Gasteiger partial charge < -0.3 is 10.0 Å². The number of nitrogens with zero attached hydrogens (tertiary/aromatic N) is 1. The van der Waals surface area contributed by atoms with E-state index in [9.17, 15) is 9.90 Å². The van der Waals surface area contributed by atoms with E-state index < -0.39 is 11.4 Å². The molecule has 4 heteroatoms. The Bertz CT molecular complexity index is 475. The van der Waals surface area contributed by atoms with E-state index in [0.717, 1.165) is 29.5 Å². The molecule has 1 heterocycles. The molecule has 0 saturated carbocycles. The van der Waals surface area contributed by atoms with Gasteiger partial charge in [0, 0.05) is 17.6 Å². The number of carboxylic acid groups (broad SMARTS) is 1. The maximum atomic E-state index is 11.4. The van der Waals surface area contributed by atoms with Crippen molar-refractivity contribution in [2.24, 2.45) is 5.41 Å². The van der Waals surface area contributed by atoms with Crippen molar-refractivity contribution in [3.8, 4) is 0 Å². The van der Waals surface area contributed by atoms with Gasteiger partial charge in [0.2, 0.25) is 0 Å². The van der Waals surface area contributed by atoms with Gasteiger partial charge in [0.1, 0.15) is 0 Å². The van der Waals surface area contributed by atoms with Crippen LogP contribution < -0.4 is 4.90 Å². The summed E-state index contributed by atoms with van der Waals surface area (Å²) in [6.45, 7) is 5.38. The highest BCUT2D eigenvalue weighted by atomic mass is 79.9. The molecule has 98 valence electrons. The highest BCUT2D eigenvalue weighted by Crippen LogP contribution is 2.35. The van der Waals surface area contributed by atoms with Gasteiger partial charge in [0.05, 0.1) is 11.1 Å². The summed E-state index contributed by atoms with van der Waals surface area (Å²) >= 11 is 3.57. The molecule has 1 aromatic carbocycles. The number of carboxylic acids is 1. The fourth-order valence-corrected chi connectivity index (χ4v) is 3.23. The smallest absolute Gasteiger partial charge is 0.311 e. The van der Waals surface area contributed by atoms with Crippen molar-refractivity contribution in [2.45, 2.75) is 26.7 Å². The Balaban J connectivity index is 2.26. The van der Waals surface area contributed by atoms with E-state index >= 15 is 0 Å². The molecule has 1 aliphatic heterocycles. The second-order valence-corrected chi connectivity index (χ2v) is 6.20. The zero-order chi connectivity index (χ0) is 13.3. The normalized spacial score (nSPS) is 24.1. The van der Waals surface area contributed by atoms with Crippen LogP contribution in [0.4, 0.5) is 5.69 Å². The first-order chi connectivity index (χ1) is 8.42. The molecule has 1 N–H and O–H groups in total. The average Bonchev–Trinajstić information content (AvgIpc) is 2.28. The van der Waals surface area contributed by atoms with Crippen molar-refractivity contribution in [3.63, 3.8) is 0 Å². The number of hydrogen-bond donors (Lipinski definition) is 1. The number of benzene rings is 1. The number of anilines is 1. The SMILES string of the molecule is Cc1ccc(N2CCCC(C)(C(=O)O)C2)c(Br)c1. The molecular weight excluding hydrogens is 294 g/mol. The molecular formula is C14H18BrNO2. The molecule has 0 aromatic heterocycles. The van der Waals surface area contributed by atoms with Crippen molar-refractivity contribution < 1.29 is 9.90 Å². The number of halogens is 1. The number of hydrogen-bond acceptors (Lipinski definition) is 2. The lowest BCUT2D eigenvalue weighted by Gasteiger charge is -2.39. The van der Waals surface area contributed by atoms with E-state index in [1.165, 1.54) is 5.56 Å². The molecule has 1 atom stereocenters. The first-order valence-electron chi connectivity index (χ1n) is 6.17. The lowest BCUT2D eigenvalue weighted by molar-refractivity contribution is -0.148. The van der Waals surface area contributed by atoms with Crippen LogP contribution in [0.1, 0.15) is 25.3 Å². The predicted octanol–water partition coefficient (Wildman–Crippen LogP) is 3.45. The van der Waals surface area contributed by atoms with E-state index in [1.54, 1.807) is 0 Å². The minimum absolute atomic E-state index is 0.573. The van der Waals surface area contributed by atoms with E-state index in [4.69, 9.17) is 0 Å². The van der Waals surface area contributed by atoms with Crippen LogP contribution >= 0.6 is 15.9 Å². The Morgan fingerprint density at radius 3 is 2.83 bits per heavy atom. The summed E-state index contributed by atoms with van der Waals surface area (Å²) < 4.78 is 1.04. The molecule has 1 aliphatic rings. The highest BCUT2D eigenvalue weighted by molar-refractivity contribution is 9.10. The number of aliphatic carboxylic acids is 1. The molecule has 0 aliphatic carbocycles. The third kappa shape index (κ3) is 2.53. The maximum Gasteiger partial charge on any atom is 0.311 e. The Hall–Kier alpha value is -1.03. The van der Waals surface area contributed by atoms with Crippen LogP contribution in [-0.2, 0) is 4.79 Å². The van der Waals surface area contributed by atoms with Gasteiger partial charge in [-0.05, 0) is 60.3 Å². The quantitative estimate of drug-likeness (QED) is 0.909. The number of piperidine rings is 1. The zero-order valence-corrected chi connectivity index (χ0v) is 12.3. The van der Waals surface area contributed by atoms with E-state index in [0.29, 0.717) is 6.54 Å². The number of rotatable bonds is 2. The van der Waals surface area contributed by atoms with Crippen LogP contribution in [-0.4, -0.2) is 24.2 Å². The van der Waals surface area contributed by atoms with Crippen LogP contribution in [0.5, 0.6) is 0 Å². The summed E-state index contributed by atoms with van der Waals surface area (Å²) in [5.41, 5.74) is 1.65. The largest absolute Gasteiger partial charge is 0.481 e. The van der Waals surface area contributed by atoms with E-state index in [2.05, 4.69) is 39.0 Å². The summed E-state index contributed by atoms with van der Waals surface area (Å²) in [7, 11) is 0. The molecule has 0 spiro atoms. The fraction of sp³-hybridized carbons (Fsp3) is 0.500. The molecule has 18 heavy (non-hydrogen) atoms. The Morgan fingerprint density at radius 1 is 1.50 bits per heavy atom. The van der Waals surface area contributed by atoms with Gasteiger partial charge >= 0.3 is 5.97 Å². The zero-order valence-electron chi connectivity index (χ0n) is 10.7. The lowest BCUT2D eigenvalue weighted by Crippen LogP contribution is -2.46. The van der Waals surface area contributed by atoms with Gasteiger partial charge in [-0.25, -0.2) is 0 Å². The van der Waals surface area contributed by atoms with Gasteiger partial charge in [0.15, 0.2) is 0 Å². The Morgan fingerprint density at radius 2 is 2.22 bits per heavy atom. The third-order valence-electron chi connectivity index (χ3n) is 3.66.